The predicted molar refractivity (Wildman–Crippen MR) is 115 cm³/mol. The molecule has 0 saturated heterocycles. The summed E-state index contributed by atoms with van der Waals surface area (Å²) in [5, 5.41) is 2.74. The van der Waals surface area contributed by atoms with Crippen LogP contribution in [0.4, 0.5) is 10.1 Å². The average Bonchev–Trinajstić information content (AvgIpc) is 2.74. The van der Waals surface area contributed by atoms with Gasteiger partial charge in [0.25, 0.3) is 0 Å². The lowest BCUT2D eigenvalue weighted by Crippen LogP contribution is -2.13. The standard InChI is InChI=1S/C22H18FN3O3S/c23-17-12-15(7-9-19(17)29-16-4-3-11-25-13-16)8-10-22(28)26-18-5-1-2-6-20(18)30-14-21(24)27/h1-13H,14H2,(H2,24,27)(H,26,28)/b10-8+. The van der Waals surface area contributed by atoms with Gasteiger partial charge >= 0.3 is 0 Å². The summed E-state index contributed by atoms with van der Waals surface area (Å²) in [7, 11) is 0. The molecule has 0 saturated carbocycles. The number of rotatable bonds is 8. The molecule has 6 nitrogen and oxygen atoms in total. The Morgan fingerprint density at radius 3 is 2.73 bits per heavy atom. The van der Waals surface area contributed by atoms with E-state index in [9.17, 15) is 14.0 Å². The van der Waals surface area contributed by atoms with E-state index in [1.165, 1.54) is 42.2 Å². The highest BCUT2D eigenvalue weighted by Gasteiger charge is 2.08. The predicted octanol–water partition coefficient (Wildman–Crippen LogP) is 4.24. The minimum absolute atomic E-state index is 0.0602. The average molecular weight is 423 g/mol. The Balaban J connectivity index is 1.64. The fourth-order valence-corrected chi connectivity index (χ4v) is 3.18. The zero-order valence-electron chi connectivity index (χ0n) is 15.7. The van der Waals surface area contributed by atoms with E-state index < -0.39 is 17.6 Å². The number of hydrogen-bond donors (Lipinski definition) is 2. The number of hydrogen-bond acceptors (Lipinski definition) is 5. The highest BCUT2D eigenvalue weighted by atomic mass is 32.2. The molecule has 0 unspecified atom stereocenters. The van der Waals surface area contributed by atoms with Gasteiger partial charge in [-0.05, 0) is 48.0 Å². The van der Waals surface area contributed by atoms with Crippen molar-refractivity contribution < 1.29 is 18.7 Å². The molecule has 3 N–H and O–H groups in total. The summed E-state index contributed by atoms with van der Waals surface area (Å²) in [6, 6.07) is 14.8. The third-order valence-corrected chi connectivity index (χ3v) is 4.86. The molecule has 1 aromatic heterocycles. The summed E-state index contributed by atoms with van der Waals surface area (Å²) in [6.07, 6.45) is 5.87. The maximum Gasteiger partial charge on any atom is 0.248 e. The van der Waals surface area contributed by atoms with Crippen molar-refractivity contribution in [1.29, 1.82) is 0 Å². The number of nitrogens with two attached hydrogens (primary N) is 1. The normalized spacial score (nSPS) is 10.7. The van der Waals surface area contributed by atoms with Gasteiger partial charge in [-0.25, -0.2) is 4.39 Å². The number of nitrogens with one attached hydrogen (secondary N) is 1. The number of benzene rings is 2. The van der Waals surface area contributed by atoms with Crippen LogP contribution in [0.3, 0.4) is 0 Å². The first-order valence-corrected chi connectivity index (χ1v) is 9.86. The fourth-order valence-electron chi connectivity index (χ4n) is 2.43. The molecular formula is C22H18FN3O3S. The molecule has 0 atom stereocenters. The van der Waals surface area contributed by atoms with Crippen LogP contribution >= 0.6 is 11.8 Å². The second kappa shape index (κ2) is 10.2. The van der Waals surface area contributed by atoms with Crippen LogP contribution in [0.15, 0.2) is 78.0 Å². The highest BCUT2D eigenvalue weighted by Crippen LogP contribution is 2.27. The number of carbonyl (C=O) groups excluding carboxylic acids is 2. The fraction of sp³-hybridized carbons (Fsp3) is 0.0455. The highest BCUT2D eigenvalue weighted by molar-refractivity contribution is 8.00. The molecule has 0 aliphatic rings. The van der Waals surface area contributed by atoms with Crippen molar-refractivity contribution in [2.75, 3.05) is 11.1 Å². The number of aromatic nitrogens is 1. The van der Waals surface area contributed by atoms with Crippen LogP contribution in [0.2, 0.25) is 0 Å². The van der Waals surface area contributed by atoms with Gasteiger partial charge in [0.2, 0.25) is 11.8 Å². The third-order valence-electron chi connectivity index (χ3n) is 3.76. The summed E-state index contributed by atoms with van der Waals surface area (Å²) in [4.78, 5) is 27.9. The van der Waals surface area contributed by atoms with E-state index in [2.05, 4.69) is 10.3 Å². The molecule has 0 aliphatic carbocycles. The second-order valence-corrected chi connectivity index (χ2v) is 7.07. The molecule has 2 aromatic carbocycles. The second-order valence-electron chi connectivity index (χ2n) is 6.05. The van der Waals surface area contributed by atoms with Crippen molar-refractivity contribution in [3.05, 3.63) is 84.4 Å². The van der Waals surface area contributed by atoms with Gasteiger partial charge in [-0.15, -0.1) is 11.8 Å². The Labute approximate surface area is 177 Å². The number of primary amides is 1. The van der Waals surface area contributed by atoms with Gasteiger partial charge in [-0.2, -0.15) is 0 Å². The lowest BCUT2D eigenvalue weighted by Gasteiger charge is -2.08. The quantitative estimate of drug-likeness (QED) is 0.417. The smallest absolute Gasteiger partial charge is 0.248 e. The van der Waals surface area contributed by atoms with E-state index in [0.717, 1.165) is 4.90 Å². The third kappa shape index (κ3) is 6.18. The molecule has 3 aromatic rings. The first-order valence-electron chi connectivity index (χ1n) is 8.88. The minimum Gasteiger partial charge on any atom is -0.453 e. The molecule has 30 heavy (non-hydrogen) atoms. The molecule has 0 fully saturated rings. The monoisotopic (exact) mass is 423 g/mol. The van der Waals surface area contributed by atoms with E-state index in [1.54, 1.807) is 48.7 Å². The van der Waals surface area contributed by atoms with Crippen LogP contribution < -0.4 is 15.8 Å². The number of halogens is 1. The van der Waals surface area contributed by atoms with Gasteiger partial charge in [0.1, 0.15) is 5.75 Å². The minimum atomic E-state index is -0.561. The zero-order valence-corrected chi connectivity index (χ0v) is 16.6. The molecule has 0 bridgehead atoms. The molecule has 1 heterocycles. The Morgan fingerprint density at radius 1 is 1.17 bits per heavy atom. The van der Waals surface area contributed by atoms with Gasteiger partial charge in [-0.1, -0.05) is 18.2 Å². The number of nitrogens with zero attached hydrogens (tertiary/aromatic N) is 1. The van der Waals surface area contributed by atoms with Crippen LogP contribution in [0.1, 0.15) is 5.56 Å². The first kappa shape index (κ1) is 21.1. The van der Waals surface area contributed by atoms with Gasteiger partial charge in [0.05, 0.1) is 17.6 Å². The number of ether oxygens (including phenoxy) is 1. The van der Waals surface area contributed by atoms with Crippen molar-refractivity contribution in [1.82, 2.24) is 4.98 Å². The van der Waals surface area contributed by atoms with Crippen molar-refractivity contribution in [2.24, 2.45) is 5.73 Å². The van der Waals surface area contributed by atoms with Gasteiger partial charge in [0.15, 0.2) is 11.6 Å². The molecule has 0 spiro atoms. The van der Waals surface area contributed by atoms with Gasteiger partial charge in [0, 0.05) is 17.2 Å². The Hall–Kier alpha value is -3.65. The first-order chi connectivity index (χ1) is 14.5. The van der Waals surface area contributed by atoms with E-state index in [0.29, 0.717) is 17.0 Å². The lowest BCUT2D eigenvalue weighted by atomic mass is 10.2. The number of amides is 2. The maximum absolute atomic E-state index is 14.3. The van der Waals surface area contributed by atoms with Crippen molar-refractivity contribution in [3.63, 3.8) is 0 Å². The number of carbonyl (C=O) groups is 2. The van der Waals surface area contributed by atoms with E-state index in [-0.39, 0.29) is 11.5 Å². The van der Waals surface area contributed by atoms with Crippen molar-refractivity contribution in [2.45, 2.75) is 4.90 Å². The summed E-state index contributed by atoms with van der Waals surface area (Å²) in [5.74, 6) is -0.807. The van der Waals surface area contributed by atoms with Crippen molar-refractivity contribution >= 4 is 35.3 Å². The summed E-state index contributed by atoms with van der Waals surface area (Å²) in [6.45, 7) is 0. The zero-order chi connectivity index (χ0) is 21.3. The maximum atomic E-state index is 14.3. The van der Waals surface area contributed by atoms with Crippen molar-refractivity contribution in [3.8, 4) is 11.5 Å². The topological polar surface area (TPSA) is 94.3 Å². The van der Waals surface area contributed by atoms with Crippen LogP contribution in [0.25, 0.3) is 6.08 Å². The van der Waals surface area contributed by atoms with Gasteiger partial charge < -0.3 is 15.8 Å². The molecule has 0 radical (unpaired) electrons. The van der Waals surface area contributed by atoms with E-state index in [4.69, 9.17) is 10.5 Å². The van der Waals surface area contributed by atoms with E-state index >= 15 is 0 Å². The largest absolute Gasteiger partial charge is 0.453 e. The Bertz CT molecular complexity index is 1070. The molecule has 3 rings (SSSR count). The van der Waals surface area contributed by atoms with E-state index in [1.807, 2.05) is 0 Å². The Kier molecular flexibility index (Phi) is 7.18. The number of para-hydroxylation sites is 1. The van der Waals surface area contributed by atoms with Crippen LogP contribution in [0.5, 0.6) is 11.5 Å². The molecule has 152 valence electrons. The number of thioether (sulfide) groups is 1. The lowest BCUT2D eigenvalue weighted by molar-refractivity contribution is -0.115. The SMILES string of the molecule is NC(=O)CSc1ccccc1NC(=O)/C=C/c1ccc(Oc2cccnc2)c(F)c1. The van der Waals surface area contributed by atoms with Crippen LogP contribution in [0, 0.1) is 5.82 Å². The summed E-state index contributed by atoms with van der Waals surface area (Å²) in [5.41, 5.74) is 6.23. The summed E-state index contributed by atoms with van der Waals surface area (Å²) >= 11 is 1.23. The number of pyridine rings is 1. The van der Waals surface area contributed by atoms with Gasteiger partial charge in [-0.3, -0.25) is 14.6 Å². The molecule has 8 heteroatoms. The Morgan fingerprint density at radius 2 is 2.00 bits per heavy atom. The molecule has 2 amide bonds. The van der Waals surface area contributed by atoms with Crippen LogP contribution in [-0.2, 0) is 9.59 Å². The molecular weight excluding hydrogens is 405 g/mol. The molecule has 0 aliphatic heterocycles. The number of anilines is 1. The summed E-state index contributed by atoms with van der Waals surface area (Å²) < 4.78 is 19.7. The van der Waals surface area contributed by atoms with Crippen LogP contribution in [-0.4, -0.2) is 22.6 Å².